The number of halogens is 5. The number of ether oxygens (including phenoxy) is 1. The van der Waals surface area contributed by atoms with E-state index >= 15 is 0 Å². The van der Waals surface area contributed by atoms with Crippen LogP contribution < -0.4 is 4.74 Å². The van der Waals surface area contributed by atoms with Crippen LogP contribution in [-0.2, 0) is 0 Å². The van der Waals surface area contributed by atoms with Crippen LogP contribution in [0, 0.1) is 0 Å². The van der Waals surface area contributed by atoms with Gasteiger partial charge in [0.15, 0.2) is 0 Å². The summed E-state index contributed by atoms with van der Waals surface area (Å²) in [7, 11) is 0. The normalized spacial score (nSPS) is 11.5. The van der Waals surface area contributed by atoms with Gasteiger partial charge in [-0.1, -0.05) is 11.6 Å². The number of hydrogen-bond donors (Lipinski definition) is 0. The predicted molar refractivity (Wildman–Crippen MR) is 53.0 cm³/mol. The molecule has 1 aromatic rings. The Balaban J connectivity index is 2.94. The number of rotatable bonds is 1. The lowest BCUT2D eigenvalue weighted by Crippen LogP contribution is -2.14. The highest BCUT2D eigenvalue weighted by Crippen LogP contribution is 2.32. The highest BCUT2D eigenvalue weighted by molar-refractivity contribution is 6.66. The topological polar surface area (TPSA) is 35.0 Å². The standard InChI is InChI=1S/C5HCl5N2O/c6-2-1-11-4(7)12-3(2)13-5(8,9)10/h1H. The van der Waals surface area contributed by atoms with Crippen LogP contribution in [0.4, 0.5) is 0 Å². The van der Waals surface area contributed by atoms with Crippen molar-refractivity contribution in [3.8, 4) is 5.88 Å². The Morgan fingerprint density at radius 2 is 1.85 bits per heavy atom. The molecular weight excluding hydrogens is 281 g/mol. The summed E-state index contributed by atoms with van der Waals surface area (Å²) in [6.45, 7) is 0. The fourth-order valence-electron chi connectivity index (χ4n) is 0.512. The van der Waals surface area contributed by atoms with E-state index in [9.17, 15) is 0 Å². The van der Waals surface area contributed by atoms with Gasteiger partial charge >= 0.3 is 3.98 Å². The molecule has 1 rings (SSSR count). The molecule has 0 N–H and O–H groups in total. The van der Waals surface area contributed by atoms with Gasteiger partial charge in [-0.15, -0.1) is 0 Å². The van der Waals surface area contributed by atoms with Gasteiger partial charge in [-0.05, 0) is 46.4 Å². The summed E-state index contributed by atoms with van der Waals surface area (Å²) in [4.78, 5) is 7.19. The molecule has 0 aliphatic carbocycles. The second kappa shape index (κ2) is 4.24. The van der Waals surface area contributed by atoms with Gasteiger partial charge in [0.2, 0.25) is 11.2 Å². The van der Waals surface area contributed by atoms with E-state index in [4.69, 9.17) is 62.7 Å². The molecule has 0 fully saturated rings. The van der Waals surface area contributed by atoms with Crippen LogP contribution in [0.2, 0.25) is 10.3 Å². The monoisotopic (exact) mass is 280 g/mol. The van der Waals surface area contributed by atoms with E-state index in [2.05, 4.69) is 9.97 Å². The molecule has 72 valence electrons. The Kier molecular flexibility index (Phi) is 3.72. The van der Waals surface area contributed by atoms with Gasteiger partial charge in [0.25, 0.3) is 0 Å². The van der Waals surface area contributed by atoms with Gasteiger partial charge in [0.1, 0.15) is 5.02 Å². The van der Waals surface area contributed by atoms with Gasteiger partial charge in [-0.3, -0.25) is 0 Å². The Morgan fingerprint density at radius 1 is 1.23 bits per heavy atom. The molecule has 0 bridgehead atoms. The first kappa shape index (κ1) is 11.4. The number of alkyl halides is 3. The Bertz CT molecular complexity index is 312. The number of nitrogens with zero attached hydrogens (tertiary/aromatic N) is 2. The maximum atomic E-state index is 5.62. The summed E-state index contributed by atoms with van der Waals surface area (Å²) in [5.74, 6) is -0.0818. The van der Waals surface area contributed by atoms with Gasteiger partial charge in [0, 0.05) is 0 Å². The van der Waals surface area contributed by atoms with Crippen molar-refractivity contribution in [1.29, 1.82) is 0 Å². The lowest BCUT2D eigenvalue weighted by atomic mass is 10.6. The van der Waals surface area contributed by atoms with Crippen LogP contribution in [0.15, 0.2) is 6.20 Å². The number of hydrogen-bond acceptors (Lipinski definition) is 3. The summed E-state index contributed by atoms with van der Waals surface area (Å²) in [5, 5.41) is 0.0596. The highest BCUT2D eigenvalue weighted by atomic mass is 35.6. The molecular formula is C5HCl5N2O. The molecule has 1 aromatic heterocycles. The maximum absolute atomic E-state index is 5.62. The third kappa shape index (κ3) is 3.92. The summed E-state index contributed by atoms with van der Waals surface area (Å²) in [5.41, 5.74) is 0. The molecule has 0 unspecified atom stereocenters. The molecule has 8 heteroatoms. The van der Waals surface area contributed by atoms with Crippen molar-refractivity contribution < 1.29 is 4.74 Å². The molecule has 13 heavy (non-hydrogen) atoms. The molecule has 0 amide bonds. The van der Waals surface area contributed by atoms with E-state index in [0.29, 0.717) is 0 Å². The van der Waals surface area contributed by atoms with Crippen LogP contribution in [0.25, 0.3) is 0 Å². The quantitative estimate of drug-likeness (QED) is 0.584. The van der Waals surface area contributed by atoms with E-state index in [1.165, 1.54) is 6.20 Å². The zero-order valence-corrected chi connectivity index (χ0v) is 9.55. The summed E-state index contributed by atoms with van der Waals surface area (Å²) >= 11 is 27.1. The minimum Gasteiger partial charge on any atom is -0.426 e. The first-order valence-electron chi connectivity index (χ1n) is 2.82. The molecule has 0 saturated heterocycles. The van der Waals surface area contributed by atoms with Crippen molar-refractivity contribution in [2.24, 2.45) is 0 Å². The van der Waals surface area contributed by atoms with Crippen molar-refractivity contribution >= 4 is 58.0 Å². The zero-order chi connectivity index (χ0) is 10.1. The smallest absolute Gasteiger partial charge is 0.339 e. The molecule has 0 aromatic carbocycles. The predicted octanol–water partition coefficient (Wildman–Crippen LogP) is 3.49. The Hall–Kier alpha value is 0.330. The van der Waals surface area contributed by atoms with Gasteiger partial charge in [-0.25, -0.2) is 4.98 Å². The average Bonchev–Trinajstić information content (AvgIpc) is 1.94. The van der Waals surface area contributed by atoms with Gasteiger partial charge < -0.3 is 4.74 Å². The minimum absolute atomic E-state index is 0.0475. The Labute approximate surface area is 98.9 Å². The molecule has 0 aliphatic heterocycles. The van der Waals surface area contributed by atoms with Gasteiger partial charge in [-0.2, -0.15) is 4.98 Å². The van der Waals surface area contributed by atoms with Crippen LogP contribution in [-0.4, -0.2) is 13.9 Å². The third-order valence-corrected chi connectivity index (χ3v) is 1.57. The second-order valence-electron chi connectivity index (χ2n) is 1.84. The average molecular weight is 282 g/mol. The third-order valence-electron chi connectivity index (χ3n) is 0.895. The first-order chi connectivity index (χ1) is 5.88. The van der Waals surface area contributed by atoms with Crippen LogP contribution in [0.1, 0.15) is 0 Å². The van der Waals surface area contributed by atoms with E-state index in [0.717, 1.165) is 0 Å². The molecule has 0 radical (unpaired) electrons. The molecule has 0 aliphatic rings. The van der Waals surface area contributed by atoms with E-state index in [-0.39, 0.29) is 16.2 Å². The maximum Gasteiger partial charge on any atom is 0.339 e. The molecule has 0 spiro atoms. The van der Waals surface area contributed by atoms with Crippen molar-refractivity contribution in [3.05, 3.63) is 16.5 Å². The van der Waals surface area contributed by atoms with Crippen LogP contribution in [0.5, 0.6) is 5.88 Å². The summed E-state index contributed by atoms with van der Waals surface area (Å²) < 4.78 is 2.81. The van der Waals surface area contributed by atoms with E-state index < -0.39 is 3.98 Å². The van der Waals surface area contributed by atoms with Crippen molar-refractivity contribution in [2.75, 3.05) is 0 Å². The zero-order valence-electron chi connectivity index (χ0n) is 5.77. The van der Waals surface area contributed by atoms with Crippen molar-refractivity contribution in [3.63, 3.8) is 0 Å². The fourth-order valence-corrected chi connectivity index (χ4v) is 0.987. The first-order valence-corrected chi connectivity index (χ1v) is 4.71. The van der Waals surface area contributed by atoms with Crippen molar-refractivity contribution in [2.45, 2.75) is 3.98 Å². The van der Waals surface area contributed by atoms with Crippen LogP contribution in [0.3, 0.4) is 0 Å². The lowest BCUT2D eigenvalue weighted by molar-refractivity contribution is 0.307. The molecule has 3 nitrogen and oxygen atoms in total. The minimum atomic E-state index is -1.93. The summed E-state index contributed by atoms with van der Waals surface area (Å²) in [6, 6.07) is 0. The second-order valence-corrected chi connectivity index (χ2v) is 4.76. The summed E-state index contributed by atoms with van der Waals surface area (Å²) in [6.07, 6.45) is 1.24. The fraction of sp³-hybridized carbons (Fsp3) is 0.200. The van der Waals surface area contributed by atoms with Crippen LogP contribution >= 0.6 is 58.0 Å². The van der Waals surface area contributed by atoms with E-state index in [1.807, 2.05) is 0 Å². The lowest BCUT2D eigenvalue weighted by Gasteiger charge is -2.12. The van der Waals surface area contributed by atoms with Gasteiger partial charge in [0.05, 0.1) is 6.20 Å². The SMILES string of the molecule is Clc1ncc(Cl)c(OC(Cl)(Cl)Cl)n1. The largest absolute Gasteiger partial charge is 0.426 e. The number of aromatic nitrogens is 2. The highest BCUT2D eigenvalue weighted by Gasteiger charge is 2.24. The molecule has 0 atom stereocenters. The molecule has 1 heterocycles. The van der Waals surface area contributed by atoms with Crippen molar-refractivity contribution in [1.82, 2.24) is 9.97 Å². The van der Waals surface area contributed by atoms with E-state index in [1.54, 1.807) is 0 Å². The molecule has 0 saturated carbocycles. The Morgan fingerprint density at radius 3 is 2.38 bits per heavy atom.